The van der Waals surface area contributed by atoms with Crippen LogP contribution in [0, 0.1) is 10.7 Å². The lowest BCUT2D eigenvalue weighted by molar-refractivity contribution is -0.458. The predicted molar refractivity (Wildman–Crippen MR) is 196 cm³/mol. The molecule has 354 valence electrons. The van der Waals surface area contributed by atoms with Crippen LogP contribution in [-0.2, 0) is 14.8 Å². The number of amides is 3. The zero-order valence-corrected chi connectivity index (χ0v) is 36.9. The van der Waals surface area contributed by atoms with Crippen LogP contribution in [-0.4, -0.2) is 157 Å². The van der Waals surface area contributed by atoms with Crippen molar-refractivity contribution in [1.82, 2.24) is 15.5 Å². The van der Waals surface area contributed by atoms with Gasteiger partial charge < -0.3 is 36.0 Å². The number of hydrogen-bond donors (Lipinski definition) is 6. The van der Waals surface area contributed by atoms with Crippen molar-refractivity contribution in [2.75, 3.05) is 50.7 Å². The average molecular weight is 1290 g/mol. The first kappa shape index (κ1) is 57.4. The summed E-state index contributed by atoms with van der Waals surface area (Å²) >= 11 is 2.71. The molecular weight excluding hydrogens is 1260 g/mol. The third kappa shape index (κ3) is 9.83. The number of nitrogens with one attached hydrogen (secondary N) is 2. The number of likely N-dealkylation sites (N-methyl/N-ethyl adjacent to an activating group) is 2. The van der Waals surface area contributed by atoms with E-state index in [1.807, 2.05) is 10.6 Å². The zero-order valence-electron chi connectivity index (χ0n) is 29.6. The van der Waals surface area contributed by atoms with E-state index in [1.54, 1.807) is 0 Å². The van der Waals surface area contributed by atoms with Gasteiger partial charge in [-0.1, -0.05) is 6.92 Å². The summed E-state index contributed by atoms with van der Waals surface area (Å²) in [5, 5.41) is 33.3. The largest absolute Gasteiger partial charge is 0.460 e. The molecule has 0 aromatic heterocycles. The van der Waals surface area contributed by atoms with Crippen molar-refractivity contribution < 1.29 is 118 Å². The number of halogens is 20. The molecule has 6 N–H and O–H groups in total. The molecular formula is C27H26F17I3N4O9S. The number of aliphatic hydroxyl groups excluding tert-OH is 4. The number of rotatable bonds is 20. The second kappa shape index (κ2) is 19.5. The minimum Gasteiger partial charge on any atom is -0.394 e. The van der Waals surface area contributed by atoms with E-state index in [0.29, 0.717) is 4.90 Å². The Bertz CT molecular complexity index is 1930. The Morgan fingerprint density at radius 3 is 1.49 bits per heavy atom. The number of aliphatic hydroxyl groups is 4. The molecule has 0 saturated carbocycles. The smallest absolute Gasteiger partial charge is 0.394 e. The molecule has 34 heteroatoms. The van der Waals surface area contributed by atoms with Gasteiger partial charge in [0.25, 0.3) is 17.7 Å². The molecule has 1 rings (SSSR count). The fourth-order valence-electron chi connectivity index (χ4n) is 4.34. The van der Waals surface area contributed by atoms with E-state index in [2.05, 4.69) is 0 Å². The zero-order chi connectivity index (χ0) is 48.7. The Morgan fingerprint density at radius 1 is 0.672 bits per heavy atom. The second-order valence-electron chi connectivity index (χ2n) is 12.0. The highest BCUT2D eigenvalue weighted by atomic mass is 127. The lowest BCUT2D eigenvalue weighted by Crippen LogP contribution is -2.75. The predicted octanol–water partition coefficient (Wildman–Crippen LogP) is 4.25. The highest BCUT2D eigenvalue weighted by Crippen LogP contribution is 2.64. The fourth-order valence-corrected chi connectivity index (χ4v) is 10.7. The molecule has 0 aliphatic heterocycles. The number of carbonyl (C=O) groups excluding carboxylic acids is 3. The first-order valence-electron chi connectivity index (χ1n) is 15.4. The molecule has 0 radical (unpaired) electrons. The van der Waals surface area contributed by atoms with Crippen molar-refractivity contribution in [2.24, 2.45) is 0 Å². The molecule has 0 bridgehead atoms. The minimum absolute atomic E-state index is 0.442. The fraction of sp³-hybridized carbons (Fsp3) is 0.667. The van der Waals surface area contributed by atoms with E-state index >= 15 is 17.6 Å². The van der Waals surface area contributed by atoms with Gasteiger partial charge in [-0.3, -0.25) is 14.4 Å². The summed E-state index contributed by atoms with van der Waals surface area (Å²) in [5.74, 6) is -59.5. The van der Waals surface area contributed by atoms with Gasteiger partial charge in [0.05, 0.1) is 55.9 Å². The van der Waals surface area contributed by atoms with Gasteiger partial charge in [0.1, 0.15) is 0 Å². The molecule has 3 amide bonds. The number of anilines is 1. The van der Waals surface area contributed by atoms with E-state index < -0.39 is 158 Å². The normalized spacial score (nSPS) is 15.0. The van der Waals surface area contributed by atoms with Crippen LogP contribution < -0.4 is 14.9 Å². The van der Waals surface area contributed by atoms with Gasteiger partial charge in [0.2, 0.25) is 0 Å². The van der Waals surface area contributed by atoms with Crippen LogP contribution >= 0.6 is 67.8 Å². The summed E-state index contributed by atoms with van der Waals surface area (Å²) in [6.07, 6.45) is -11.7. The van der Waals surface area contributed by atoms with Gasteiger partial charge in [0.15, 0.2) is 0 Å². The maximum Gasteiger partial charge on any atom is 0.460 e. The molecule has 0 aliphatic carbocycles. The molecule has 0 fully saturated rings. The molecule has 2 unspecified atom stereocenters. The minimum atomic E-state index is -9.20. The third-order valence-corrected chi connectivity index (χ3v) is 12.6. The van der Waals surface area contributed by atoms with Crippen LogP contribution in [0.2, 0.25) is 0 Å². The summed E-state index contributed by atoms with van der Waals surface area (Å²) in [7, 11) is -7.66. The van der Waals surface area contributed by atoms with E-state index in [0.717, 1.165) is 81.7 Å². The van der Waals surface area contributed by atoms with E-state index in [4.69, 9.17) is 5.11 Å². The highest BCUT2D eigenvalue weighted by molar-refractivity contribution is 14.1. The number of benzene rings is 1. The summed E-state index contributed by atoms with van der Waals surface area (Å²) < 4.78 is 263. The lowest BCUT2D eigenvalue weighted by atomic mass is 9.91. The van der Waals surface area contributed by atoms with Crippen molar-refractivity contribution >= 4 is 101 Å². The number of nitrogens with zero attached hydrogens (tertiary/aromatic N) is 2. The topological polar surface area (TPSA) is 197 Å². The summed E-state index contributed by atoms with van der Waals surface area (Å²) in [6, 6.07) is 0. The van der Waals surface area contributed by atoms with Gasteiger partial charge in [-0.15, -0.1) is 0 Å². The SMILES string of the molecule is CCNCC(=O)N(c1c(I)c(C(=O)NCC(O)CO)c(I)c(C(=O)N(C)CC(O)CO)c1I)S(=O)(=O)C(F)(F)C(F)(F)C(F)(F)C(F)(F)C(F)(F)C(F)(F)C(F)(F)C(F)(F)F. The van der Waals surface area contributed by atoms with Crippen LogP contribution in [0.3, 0.4) is 0 Å². The molecule has 0 heterocycles. The van der Waals surface area contributed by atoms with Gasteiger partial charge in [0, 0.05) is 23.7 Å². The number of alkyl halides is 17. The van der Waals surface area contributed by atoms with Crippen molar-refractivity contribution in [1.29, 1.82) is 0 Å². The Kier molecular flexibility index (Phi) is 18.3. The average Bonchev–Trinajstić information content (AvgIpc) is 3.12. The first-order chi connectivity index (χ1) is 27.1. The third-order valence-electron chi connectivity index (χ3n) is 7.70. The van der Waals surface area contributed by atoms with Gasteiger partial charge >= 0.3 is 57.0 Å². The monoisotopic (exact) mass is 1290 g/mol. The van der Waals surface area contributed by atoms with Crippen molar-refractivity contribution in [3.8, 4) is 0 Å². The lowest BCUT2D eigenvalue weighted by Gasteiger charge is -2.43. The Balaban J connectivity index is 4.57. The van der Waals surface area contributed by atoms with Gasteiger partial charge in [-0.2, -0.15) is 87.4 Å². The van der Waals surface area contributed by atoms with Crippen LogP contribution in [0.4, 0.5) is 80.3 Å². The van der Waals surface area contributed by atoms with Crippen LogP contribution in [0.15, 0.2) is 0 Å². The molecule has 0 saturated heterocycles. The maximum atomic E-state index is 15.8. The van der Waals surface area contributed by atoms with Crippen molar-refractivity contribution in [2.45, 2.75) is 66.1 Å². The quantitative estimate of drug-likeness (QED) is 0.0812. The first-order valence-corrected chi connectivity index (χ1v) is 20.1. The van der Waals surface area contributed by atoms with E-state index in [9.17, 15) is 95.2 Å². The Labute approximate surface area is 371 Å². The standard InChI is InChI=1S/C27H26F17I3N4O9S/c1-3-48-5-11(56)51(17-15(46)12(18(57)49-4-9(54)7-52)14(45)13(16(17)47)19(58)50(2)6-10(55)8-53)61(59,60)27(43,44)25(38,39)23(34,35)21(30,31)20(28,29)22(32,33)24(36,37)26(40,41)42/h9-10,48,52-55H,3-8H2,1-2H3,(H,49,57). The van der Waals surface area contributed by atoms with E-state index in [-0.39, 0.29) is 0 Å². The molecule has 1 aromatic rings. The van der Waals surface area contributed by atoms with Crippen molar-refractivity contribution in [3.63, 3.8) is 0 Å². The Hall–Kier alpha value is -1.62. The maximum absolute atomic E-state index is 15.8. The second-order valence-corrected chi connectivity index (χ2v) is 17.1. The number of carbonyl (C=O) groups is 3. The van der Waals surface area contributed by atoms with Crippen LogP contribution in [0.1, 0.15) is 27.6 Å². The highest BCUT2D eigenvalue weighted by Gasteiger charge is 2.96. The molecule has 13 nitrogen and oxygen atoms in total. The molecule has 61 heavy (non-hydrogen) atoms. The number of hydrogen-bond acceptors (Lipinski definition) is 10. The van der Waals surface area contributed by atoms with Crippen LogP contribution in [0.5, 0.6) is 0 Å². The summed E-state index contributed by atoms with van der Waals surface area (Å²) in [5.41, 5.74) is -4.24. The molecule has 2 atom stereocenters. The van der Waals surface area contributed by atoms with E-state index in [1.165, 1.54) is 0 Å². The van der Waals surface area contributed by atoms with Gasteiger partial charge in [-0.05, 0) is 74.3 Å². The molecule has 0 aliphatic rings. The summed E-state index contributed by atoms with van der Waals surface area (Å²) in [4.78, 5) is 40.9. The van der Waals surface area contributed by atoms with Crippen LogP contribution in [0.25, 0.3) is 0 Å². The molecule has 0 spiro atoms. The van der Waals surface area contributed by atoms with Gasteiger partial charge in [-0.25, -0.2) is 0 Å². The van der Waals surface area contributed by atoms with Crippen molar-refractivity contribution in [3.05, 3.63) is 21.8 Å². The Morgan fingerprint density at radius 2 is 1.08 bits per heavy atom. The number of sulfonamides is 1. The summed E-state index contributed by atoms with van der Waals surface area (Å²) in [6.45, 7) is -5.15. The molecule has 1 aromatic carbocycles.